The summed E-state index contributed by atoms with van der Waals surface area (Å²) in [5.41, 5.74) is 12.2. The molecule has 0 radical (unpaired) electrons. The minimum Gasteiger partial charge on any atom is -0.464 e. The molecule has 0 aliphatic heterocycles. The predicted molar refractivity (Wildman–Crippen MR) is 184 cm³/mol. The predicted octanol–water partition coefficient (Wildman–Crippen LogP) is 11.3. The molecular weight excluding hydrogens is 536 g/mol. The molecule has 0 fully saturated rings. The highest BCUT2D eigenvalue weighted by Gasteiger charge is 2.26. The van der Waals surface area contributed by atoms with Crippen LogP contribution < -0.4 is 0 Å². The molecule has 0 saturated heterocycles. The fourth-order valence-electron chi connectivity index (χ4n) is 6.26. The molecule has 3 nitrogen and oxygen atoms in total. The Labute approximate surface area is 259 Å². The van der Waals surface area contributed by atoms with Crippen molar-refractivity contribution in [1.29, 1.82) is 0 Å². The molecular formula is C41H38N2O. The van der Waals surface area contributed by atoms with Crippen LogP contribution in [-0.4, -0.2) is 9.55 Å². The van der Waals surface area contributed by atoms with Crippen molar-refractivity contribution in [2.75, 3.05) is 0 Å². The molecule has 0 saturated carbocycles. The van der Waals surface area contributed by atoms with E-state index in [1.807, 2.05) is 6.26 Å². The normalized spacial score (nSPS) is 12.0. The summed E-state index contributed by atoms with van der Waals surface area (Å²) in [6, 6.07) is 41.3. The number of benzene rings is 5. The second-order valence-corrected chi connectivity index (χ2v) is 13.2. The van der Waals surface area contributed by atoms with Gasteiger partial charge in [0.05, 0.1) is 22.3 Å². The molecule has 0 aliphatic carbocycles. The molecule has 218 valence electrons. The molecule has 0 aliphatic rings. The van der Waals surface area contributed by atoms with Gasteiger partial charge in [-0.25, -0.2) is 4.98 Å². The Kier molecular flexibility index (Phi) is 6.97. The molecule has 0 N–H and O–H groups in total. The topological polar surface area (TPSA) is 31.0 Å². The van der Waals surface area contributed by atoms with E-state index in [0.717, 1.165) is 45.5 Å². The zero-order valence-corrected chi connectivity index (χ0v) is 26.1. The minimum atomic E-state index is -0.0418. The van der Waals surface area contributed by atoms with Gasteiger partial charge in [0.2, 0.25) is 0 Å². The van der Waals surface area contributed by atoms with Crippen molar-refractivity contribution in [2.45, 2.75) is 46.5 Å². The van der Waals surface area contributed by atoms with Gasteiger partial charge in [0.25, 0.3) is 0 Å². The van der Waals surface area contributed by atoms with Gasteiger partial charge in [0.15, 0.2) is 0 Å². The first-order valence-electron chi connectivity index (χ1n) is 15.6. The number of furan rings is 1. The Morgan fingerprint density at radius 3 is 1.93 bits per heavy atom. The lowest BCUT2D eigenvalue weighted by molar-refractivity contribution is 0.590. The fraction of sp³-hybridized carbons (Fsp3) is 0.195. The van der Waals surface area contributed by atoms with E-state index in [4.69, 9.17) is 9.40 Å². The Hall–Kier alpha value is -4.89. The summed E-state index contributed by atoms with van der Waals surface area (Å²) in [5.74, 6) is 1.45. The van der Waals surface area contributed by atoms with Gasteiger partial charge in [0, 0.05) is 16.5 Å². The Morgan fingerprint density at radius 1 is 0.705 bits per heavy atom. The van der Waals surface area contributed by atoms with Gasteiger partial charge >= 0.3 is 0 Å². The molecule has 5 aromatic carbocycles. The summed E-state index contributed by atoms with van der Waals surface area (Å²) in [5, 5.41) is 1.07. The van der Waals surface area contributed by atoms with Crippen LogP contribution in [0.2, 0.25) is 0 Å². The first-order valence-corrected chi connectivity index (χ1v) is 15.6. The van der Waals surface area contributed by atoms with Crippen molar-refractivity contribution in [1.82, 2.24) is 9.55 Å². The number of para-hydroxylation sites is 2. The van der Waals surface area contributed by atoms with Gasteiger partial charge < -0.3 is 4.42 Å². The van der Waals surface area contributed by atoms with E-state index >= 15 is 0 Å². The van der Waals surface area contributed by atoms with Crippen LogP contribution >= 0.6 is 0 Å². The van der Waals surface area contributed by atoms with Crippen molar-refractivity contribution in [2.24, 2.45) is 5.92 Å². The van der Waals surface area contributed by atoms with Crippen molar-refractivity contribution in [3.8, 4) is 39.3 Å². The van der Waals surface area contributed by atoms with Crippen LogP contribution in [0.3, 0.4) is 0 Å². The summed E-state index contributed by atoms with van der Waals surface area (Å²) < 4.78 is 8.61. The van der Waals surface area contributed by atoms with E-state index in [0.29, 0.717) is 5.92 Å². The van der Waals surface area contributed by atoms with Crippen LogP contribution in [0.4, 0.5) is 0 Å². The third-order valence-electron chi connectivity index (χ3n) is 8.45. The Balaban J connectivity index is 1.60. The lowest BCUT2D eigenvalue weighted by Crippen LogP contribution is -2.13. The smallest absolute Gasteiger partial charge is 0.149 e. The van der Waals surface area contributed by atoms with Gasteiger partial charge in [-0.15, -0.1) is 0 Å². The van der Waals surface area contributed by atoms with Crippen molar-refractivity contribution in [3.63, 3.8) is 0 Å². The summed E-state index contributed by atoms with van der Waals surface area (Å²) in [7, 11) is 0. The van der Waals surface area contributed by atoms with E-state index in [1.165, 1.54) is 33.4 Å². The standard InChI is InChI=1S/C41H38N2O/c1-27(2)22-28-20-21-32-35(26-44-38(32)23-28)40-42-36-18-12-13-19-37(36)43(40)39-33(29-14-8-6-9-15-29)24-31(41(3,4)5)25-34(39)30-16-10-7-11-17-30/h6-21,23-27H,22H2,1-5H3. The second kappa shape index (κ2) is 11.0. The highest BCUT2D eigenvalue weighted by atomic mass is 16.3. The highest BCUT2D eigenvalue weighted by Crippen LogP contribution is 2.44. The maximum Gasteiger partial charge on any atom is 0.149 e. The maximum absolute atomic E-state index is 6.25. The first kappa shape index (κ1) is 27.9. The number of imidazole rings is 1. The second-order valence-electron chi connectivity index (χ2n) is 13.2. The third kappa shape index (κ3) is 5.03. The minimum absolute atomic E-state index is 0.0418. The van der Waals surface area contributed by atoms with E-state index in [1.54, 1.807) is 0 Å². The Bertz CT molecular complexity index is 2030. The number of nitrogens with zero attached hydrogens (tertiary/aromatic N) is 2. The molecule has 0 amide bonds. The van der Waals surface area contributed by atoms with E-state index < -0.39 is 0 Å². The molecule has 3 heteroatoms. The van der Waals surface area contributed by atoms with Crippen LogP contribution in [0.5, 0.6) is 0 Å². The molecule has 7 aromatic rings. The lowest BCUT2D eigenvalue weighted by Gasteiger charge is -2.26. The lowest BCUT2D eigenvalue weighted by atomic mass is 9.82. The van der Waals surface area contributed by atoms with Gasteiger partial charge in [-0.05, 0) is 70.3 Å². The van der Waals surface area contributed by atoms with Crippen molar-refractivity contribution in [3.05, 3.63) is 133 Å². The Morgan fingerprint density at radius 2 is 1.32 bits per heavy atom. The van der Waals surface area contributed by atoms with E-state index in [-0.39, 0.29) is 5.41 Å². The summed E-state index contributed by atoms with van der Waals surface area (Å²) in [4.78, 5) is 5.30. The maximum atomic E-state index is 6.25. The quantitative estimate of drug-likeness (QED) is 0.198. The molecule has 2 heterocycles. The monoisotopic (exact) mass is 574 g/mol. The molecule has 44 heavy (non-hydrogen) atoms. The van der Waals surface area contributed by atoms with Crippen LogP contribution in [0.1, 0.15) is 45.7 Å². The third-order valence-corrected chi connectivity index (χ3v) is 8.45. The summed E-state index contributed by atoms with van der Waals surface area (Å²) in [6.07, 6.45) is 2.90. The van der Waals surface area contributed by atoms with Crippen LogP contribution in [0.15, 0.2) is 126 Å². The fourth-order valence-corrected chi connectivity index (χ4v) is 6.26. The van der Waals surface area contributed by atoms with Gasteiger partial charge in [-0.1, -0.05) is 120 Å². The SMILES string of the molecule is CC(C)Cc1ccc2c(-c3nc4ccccc4n3-c3c(-c4ccccc4)cc(C(C)(C)C)cc3-c3ccccc3)coc2c1. The average molecular weight is 575 g/mol. The molecule has 7 rings (SSSR count). The number of hydrogen-bond donors (Lipinski definition) is 0. The summed E-state index contributed by atoms with van der Waals surface area (Å²) >= 11 is 0. The van der Waals surface area contributed by atoms with Gasteiger partial charge in [-0.3, -0.25) is 4.57 Å². The van der Waals surface area contributed by atoms with E-state index in [9.17, 15) is 0 Å². The number of fused-ring (bicyclic) bond motifs is 2. The van der Waals surface area contributed by atoms with Crippen LogP contribution in [0.25, 0.3) is 61.3 Å². The largest absolute Gasteiger partial charge is 0.464 e. The van der Waals surface area contributed by atoms with Crippen LogP contribution in [0, 0.1) is 5.92 Å². The molecule has 0 unspecified atom stereocenters. The zero-order chi connectivity index (χ0) is 30.4. The highest BCUT2D eigenvalue weighted by molar-refractivity contribution is 5.98. The average Bonchev–Trinajstić information content (AvgIpc) is 3.61. The number of aromatic nitrogens is 2. The van der Waals surface area contributed by atoms with Crippen LogP contribution in [-0.2, 0) is 11.8 Å². The molecule has 2 aromatic heterocycles. The number of rotatable bonds is 6. The van der Waals surface area contributed by atoms with Gasteiger partial charge in [-0.2, -0.15) is 0 Å². The van der Waals surface area contributed by atoms with E-state index in [2.05, 4.69) is 154 Å². The number of hydrogen-bond acceptors (Lipinski definition) is 2. The van der Waals surface area contributed by atoms with Crippen molar-refractivity contribution < 1.29 is 4.42 Å². The molecule has 0 atom stereocenters. The molecule has 0 spiro atoms. The van der Waals surface area contributed by atoms with Gasteiger partial charge in [0.1, 0.15) is 17.7 Å². The molecule has 0 bridgehead atoms. The first-order chi connectivity index (χ1) is 21.3. The van der Waals surface area contributed by atoms with Crippen molar-refractivity contribution >= 4 is 22.0 Å². The summed E-state index contributed by atoms with van der Waals surface area (Å²) in [6.45, 7) is 11.4. The zero-order valence-electron chi connectivity index (χ0n) is 26.1.